The molecule has 1 aliphatic rings. The molecule has 0 bridgehead atoms. The molecule has 0 spiro atoms. The van der Waals surface area contributed by atoms with Crippen LogP contribution in [0.4, 0.5) is 5.69 Å². The molecule has 4 nitrogen and oxygen atoms in total. The first-order valence-corrected chi connectivity index (χ1v) is 5.94. The van der Waals surface area contributed by atoms with Gasteiger partial charge < -0.3 is 10.1 Å². The summed E-state index contributed by atoms with van der Waals surface area (Å²) in [5.74, 6) is -0.204. The maximum Gasteiger partial charge on any atom is 0.309 e. The molecule has 94 valence electrons. The molecule has 0 fully saturated rings. The first kappa shape index (κ1) is 12.4. The van der Waals surface area contributed by atoms with E-state index in [0.717, 1.165) is 16.8 Å². The second kappa shape index (κ2) is 5.49. The number of anilines is 1. The Morgan fingerprint density at radius 3 is 3.11 bits per heavy atom. The van der Waals surface area contributed by atoms with Gasteiger partial charge in [0.2, 0.25) is 5.91 Å². The van der Waals surface area contributed by atoms with E-state index in [1.807, 2.05) is 24.3 Å². The highest BCUT2D eigenvalue weighted by atomic mass is 16.5. The molecule has 4 heteroatoms. The number of hydrogen-bond donors (Lipinski definition) is 1. The summed E-state index contributed by atoms with van der Waals surface area (Å²) in [6.07, 6.45) is 4.32. The van der Waals surface area contributed by atoms with Gasteiger partial charge in [0, 0.05) is 5.69 Å². The fourth-order valence-corrected chi connectivity index (χ4v) is 1.86. The van der Waals surface area contributed by atoms with Crippen molar-refractivity contribution in [1.82, 2.24) is 0 Å². The van der Waals surface area contributed by atoms with Crippen molar-refractivity contribution in [3.63, 3.8) is 0 Å². The third-order valence-corrected chi connectivity index (χ3v) is 2.65. The molecule has 1 aromatic rings. The molecule has 0 aromatic heterocycles. The van der Waals surface area contributed by atoms with Crippen LogP contribution in [0.3, 0.4) is 0 Å². The summed E-state index contributed by atoms with van der Waals surface area (Å²) in [6.45, 7) is 2.19. The molecule has 1 heterocycles. The highest BCUT2D eigenvalue weighted by Gasteiger charge is 2.16. The SMILES string of the molecule is CCOC(=O)CC=Cc1ccc2c(c1)CC(=O)N2. The molecule has 1 amide bonds. The van der Waals surface area contributed by atoms with Gasteiger partial charge in [-0.15, -0.1) is 0 Å². The van der Waals surface area contributed by atoms with Crippen LogP contribution >= 0.6 is 0 Å². The molecule has 0 saturated carbocycles. The molecule has 0 aliphatic carbocycles. The van der Waals surface area contributed by atoms with Crippen LogP contribution in [0.5, 0.6) is 0 Å². The molecule has 0 saturated heterocycles. The molecule has 2 rings (SSSR count). The van der Waals surface area contributed by atoms with Gasteiger partial charge in [0.05, 0.1) is 19.4 Å². The van der Waals surface area contributed by atoms with E-state index < -0.39 is 0 Å². The number of hydrogen-bond acceptors (Lipinski definition) is 3. The topological polar surface area (TPSA) is 55.4 Å². The lowest BCUT2D eigenvalue weighted by molar-refractivity contribution is -0.142. The van der Waals surface area contributed by atoms with E-state index in [0.29, 0.717) is 13.0 Å². The number of benzene rings is 1. The Morgan fingerprint density at radius 1 is 1.50 bits per heavy atom. The lowest BCUT2D eigenvalue weighted by Gasteiger charge is -2.00. The van der Waals surface area contributed by atoms with Crippen LogP contribution in [-0.2, 0) is 20.7 Å². The number of carbonyl (C=O) groups excluding carboxylic acids is 2. The Bertz CT molecular complexity index is 506. The average molecular weight is 245 g/mol. The molecule has 1 aliphatic heterocycles. The first-order valence-electron chi connectivity index (χ1n) is 5.94. The second-order valence-corrected chi connectivity index (χ2v) is 4.05. The van der Waals surface area contributed by atoms with Crippen molar-refractivity contribution in [1.29, 1.82) is 0 Å². The zero-order valence-electron chi connectivity index (χ0n) is 10.2. The number of ether oxygens (including phenoxy) is 1. The third kappa shape index (κ3) is 2.97. The Hall–Kier alpha value is -2.10. The van der Waals surface area contributed by atoms with Crippen molar-refractivity contribution in [2.24, 2.45) is 0 Å². The van der Waals surface area contributed by atoms with Gasteiger partial charge in [0.15, 0.2) is 0 Å². The molecule has 0 atom stereocenters. The van der Waals surface area contributed by atoms with Gasteiger partial charge in [-0.25, -0.2) is 0 Å². The average Bonchev–Trinajstić information content (AvgIpc) is 2.69. The number of fused-ring (bicyclic) bond motifs is 1. The van der Waals surface area contributed by atoms with Crippen molar-refractivity contribution in [2.75, 3.05) is 11.9 Å². The summed E-state index contributed by atoms with van der Waals surface area (Å²) >= 11 is 0. The molecule has 1 aromatic carbocycles. The molecule has 0 radical (unpaired) electrons. The number of rotatable bonds is 4. The van der Waals surface area contributed by atoms with Gasteiger partial charge >= 0.3 is 5.97 Å². The van der Waals surface area contributed by atoms with Crippen LogP contribution in [0.15, 0.2) is 24.3 Å². The zero-order chi connectivity index (χ0) is 13.0. The van der Waals surface area contributed by atoms with Crippen molar-refractivity contribution in [3.05, 3.63) is 35.4 Å². The van der Waals surface area contributed by atoms with Gasteiger partial charge in [-0.1, -0.05) is 18.2 Å². The van der Waals surface area contributed by atoms with Crippen molar-refractivity contribution in [2.45, 2.75) is 19.8 Å². The summed E-state index contributed by atoms with van der Waals surface area (Å²) in [5.41, 5.74) is 2.86. The second-order valence-electron chi connectivity index (χ2n) is 4.05. The van der Waals surface area contributed by atoms with Crippen LogP contribution in [0.1, 0.15) is 24.5 Å². The van der Waals surface area contributed by atoms with Crippen LogP contribution in [0, 0.1) is 0 Å². The molecule has 0 unspecified atom stereocenters. The van der Waals surface area contributed by atoms with Crippen LogP contribution in [-0.4, -0.2) is 18.5 Å². The summed E-state index contributed by atoms with van der Waals surface area (Å²) in [5, 5.41) is 2.78. The van der Waals surface area contributed by atoms with Gasteiger partial charge in [-0.2, -0.15) is 0 Å². The van der Waals surface area contributed by atoms with E-state index >= 15 is 0 Å². The first-order chi connectivity index (χ1) is 8.69. The van der Waals surface area contributed by atoms with E-state index in [-0.39, 0.29) is 18.3 Å². The maximum atomic E-state index is 11.2. The molecular weight excluding hydrogens is 230 g/mol. The van der Waals surface area contributed by atoms with Gasteiger partial charge in [0.25, 0.3) is 0 Å². The Morgan fingerprint density at radius 2 is 2.33 bits per heavy atom. The quantitative estimate of drug-likeness (QED) is 0.827. The lowest BCUT2D eigenvalue weighted by atomic mass is 10.1. The minimum atomic E-state index is -0.230. The zero-order valence-corrected chi connectivity index (χ0v) is 10.2. The minimum Gasteiger partial charge on any atom is -0.466 e. The monoisotopic (exact) mass is 245 g/mol. The fraction of sp³-hybridized carbons (Fsp3) is 0.286. The van der Waals surface area contributed by atoms with Crippen molar-refractivity contribution in [3.8, 4) is 0 Å². The smallest absolute Gasteiger partial charge is 0.309 e. The number of esters is 1. The third-order valence-electron chi connectivity index (χ3n) is 2.65. The number of amides is 1. The van der Waals surface area contributed by atoms with E-state index in [1.54, 1.807) is 13.0 Å². The number of nitrogens with one attached hydrogen (secondary N) is 1. The predicted octanol–water partition coefficient (Wildman–Crippen LogP) is 2.15. The molecule has 18 heavy (non-hydrogen) atoms. The highest BCUT2D eigenvalue weighted by molar-refractivity contribution is 5.99. The summed E-state index contributed by atoms with van der Waals surface area (Å²) < 4.78 is 4.82. The van der Waals surface area contributed by atoms with E-state index in [1.165, 1.54) is 0 Å². The van der Waals surface area contributed by atoms with Crippen LogP contribution in [0.2, 0.25) is 0 Å². The van der Waals surface area contributed by atoms with Crippen molar-refractivity contribution >= 4 is 23.6 Å². The summed E-state index contributed by atoms with van der Waals surface area (Å²) in [4.78, 5) is 22.3. The number of carbonyl (C=O) groups is 2. The maximum absolute atomic E-state index is 11.2. The van der Waals surface area contributed by atoms with Gasteiger partial charge in [-0.05, 0) is 30.2 Å². The lowest BCUT2D eigenvalue weighted by Crippen LogP contribution is -2.03. The van der Waals surface area contributed by atoms with Gasteiger partial charge in [-0.3, -0.25) is 9.59 Å². The van der Waals surface area contributed by atoms with Crippen LogP contribution in [0.25, 0.3) is 6.08 Å². The Balaban J connectivity index is 1.99. The predicted molar refractivity (Wildman–Crippen MR) is 69.1 cm³/mol. The van der Waals surface area contributed by atoms with Crippen LogP contribution < -0.4 is 5.32 Å². The van der Waals surface area contributed by atoms with E-state index in [4.69, 9.17) is 4.74 Å². The van der Waals surface area contributed by atoms with Gasteiger partial charge in [0.1, 0.15) is 0 Å². The molecule has 1 N–H and O–H groups in total. The summed E-state index contributed by atoms with van der Waals surface area (Å²) in [7, 11) is 0. The minimum absolute atomic E-state index is 0.0256. The highest BCUT2D eigenvalue weighted by Crippen LogP contribution is 2.24. The largest absolute Gasteiger partial charge is 0.466 e. The fourth-order valence-electron chi connectivity index (χ4n) is 1.86. The standard InChI is InChI=1S/C14H15NO3/c1-2-18-14(17)5-3-4-10-6-7-12-11(8-10)9-13(16)15-12/h3-4,6-8H,2,5,9H2,1H3,(H,15,16). The molecular formula is C14H15NO3. The van der Waals surface area contributed by atoms with E-state index in [2.05, 4.69) is 5.32 Å². The van der Waals surface area contributed by atoms with E-state index in [9.17, 15) is 9.59 Å². The normalized spacial score (nSPS) is 13.5. The Labute approximate surface area is 106 Å². The van der Waals surface area contributed by atoms with Crippen molar-refractivity contribution < 1.29 is 14.3 Å². The Kier molecular flexibility index (Phi) is 3.77. The summed E-state index contributed by atoms with van der Waals surface area (Å²) in [6, 6.07) is 5.74.